The van der Waals surface area contributed by atoms with Gasteiger partial charge in [0.2, 0.25) is 0 Å². The minimum Gasteiger partial charge on any atom is -0.271 e. The van der Waals surface area contributed by atoms with E-state index in [0.29, 0.717) is 0 Å². The zero-order valence-corrected chi connectivity index (χ0v) is 12.7. The van der Waals surface area contributed by atoms with Gasteiger partial charge in [0.1, 0.15) is 3.70 Å². The lowest BCUT2D eigenvalue weighted by molar-refractivity contribution is 0.456. The van der Waals surface area contributed by atoms with Crippen molar-refractivity contribution < 1.29 is 0 Å². The van der Waals surface area contributed by atoms with Crippen molar-refractivity contribution in [1.29, 1.82) is 0 Å². The fourth-order valence-corrected chi connectivity index (χ4v) is 3.59. The van der Waals surface area contributed by atoms with Gasteiger partial charge in [-0.15, -0.1) is 0 Å². The van der Waals surface area contributed by atoms with E-state index >= 15 is 0 Å². The Morgan fingerprint density at radius 3 is 2.56 bits per heavy atom. The minimum absolute atomic E-state index is 0.764. The minimum atomic E-state index is 0.764. The van der Waals surface area contributed by atoms with Crippen LogP contribution in [0.2, 0.25) is 0 Å². The number of hydrogen-bond acceptors (Lipinski definition) is 1. The molecule has 1 fully saturated rings. The van der Waals surface area contributed by atoms with Crippen LogP contribution in [-0.2, 0) is 0 Å². The summed E-state index contributed by atoms with van der Waals surface area (Å²) in [6.45, 7) is 0. The zero-order chi connectivity index (χ0) is 12.4. The van der Waals surface area contributed by atoms with E-state index in [1.807, 2.05) is 0 Å². The smallest absolute Gasteiger partial charge is 0.104 e. The molecule has 0 atom stereocenters. The van der Waals surface area contributed by atoms with Gasteiger partial charge >= 0.3 is 0 Å². The predicted octanol–water partition coefficient (Wildman–Crippen LogP) is 5.00. The van der Waals surface area contributed by atoms with Gasteiger partial charge in [-0.25, -0.2) is 0 Å². The molecule has 0 spiro atoms. The van der Waals surface area contributed by atoms with Crippen molar-refractivity contribution >= 4 is 33.5 Å². The Kier molecular flexibility index (Phi) is 3.87. The highest BCUT2D eigenvalue weighted by Crippen LogP contribution is 2.32. The van der Waals surface area contributed by atoms with Crippen molar-refractivity contribution in [1.82, 2.24) is 10.2 Å². The van der Waals surface area contributed by atoms with Crippen molar-refractivity contribution in [3.8, 4) is 0 Å². The van der Waals surface area contributed by atoms with Crippen LogP contribution in [0.1, 0.15) is 56.4 Å². The van der Waals surface area contributed by atoms with E-state index < -0.39 is 0 Å². The van der Waals surface area contributed by atoms with E-state index in [-0.39, 0.29) is 0 Å². The molecular formula is C15H19IN2. The molecule has 0 aliphatic heterocycles. The molecule has 0 bridgehead atoms. The summed E-state index contributed by atoms with van der Waals surface area (Å²) in [5.41, 5.74) is 2.61. The second-order valence-corrected chi connectivity index (χ2v) is 6.43. The maximum atomic E-state index is 4.31. The van der Waals surface area contributed by atoms with E-state index in [1.165, 1.54) is 55.9 Å². The highest BCUT2D eigenvalue weighted by Gasteiger charge is 2.15. The third kappa shape index (κ3) is 2.56. The van der Waals surface area contributed by atoms with Crippen LogP contribution in [0.15, 0.2) is 18.2 Å². The second-order valence-electron chi connectivity index (χ2n) is 5.36. The van der Waals surface area contributed by atoms with Gasteiger partial charge in [-0.3, -0.25) is 5.10 Å². The number of nitrogens with zero attached hydrogens (tertiary/aromatic N) is 1. The zero-order valence-electron chi connectivity index (χ0n) is 10.6. The lowest BCUT2D eigenvalue weighted by Crippen LogP contribution is -2.02. The molecule has 1 aliphatic rings. The van der Waals surface area contributed by atoms with Crippen LogP contribution < -0.4 is 0 Å². The summed E-state index contributed by atoms with van der Waals surface area (Å²) in [5.74, 6) is 0.764. The van der Waals surface area contributed by atoms with Crippen LogP contribution in [0.5, 0.6) is 0 Å². The highest BCUT2D eigenvalue weighted by atomic mass is 127. The molecule has 3 rings (SSSR count). The third-order valence-electron chi connectivity index (χ3n) is 4.11. The molecule has 1 saturated carbocycles. The first-order chi connectivity index (χ1) is 8.84. The van der Waals surface area contributed by atoms with Gasteiger partial charge in [-0.2, -0.15) is 5.10 Å². The number of nitrogens with one attached hydrogen (secondary N) is 1. The first-order valence-electron chi connectivity index (χ1n) is 6.98. The summed E-state index contributed by atoms with van der Waals surface area (Å²) in [7, 11) is 0. The molecule has 0 saturated heterocycles. The average molecular weight is 354 g/mol. The van der Waals surface area contributed by atoms with Crippen LogP contribution in [0.25, 0.3) is 10.9 Å². The fraction of sp³-hybridized carbons (Fsp3) is 0.533. The van der Waals surface area contributed by atoms with Crippen LogP contribution in [-0.4, -0.2) is 10.2 Å². The lowest BCUT2D eigenvalue weighted by Gasteiger charge is -2.20. The Bertz CT molecular complexity index is 524. The van der Waals surface area contributed by atoms with Crippen LogP contribution >= 0.6 is 22.6 Å². The van der Waals surface area contributed by atoms with Crippen molar-refractivity contribution in [2.75, 3.05) is 0 Å². The molecule has 18 heavy (non-hydrogen) atoms. The van der Waals surface area contributed by atoms with Crippen LogP contribution in [0.4, 0.5) is 0 Å². The molecule has 0 radical (unpaired) electrons. The van der Waals surface area contributed by atoms with Crippen molar-refractivity contribution in [2.24, 2.45) is 0 Å². The third-order valence-corrected chi connectivity index (χ3v) is 4.93. The Morgan fingerprint density at radius 2 is 1.78 bits per heavy atom. The SMILES string of the molecule is Ic1[nH]nc2ccc(C3CCCCCCC3)cc12. The van der Waals surface area contributed by atoms with Gasteiger partial charge in [0.15, 0.2) is 0 Å². The molecule has 3 heteroatoms. The summed E-state index contributed by atoms with van der Waals surface area (Å²) in [5, 5.41) is 8.66. The number of fused-ring (bicyclic) bond motifs is 1. The van der Waals surface area contributed by atoms with E-state index in [1.54, 1.807) is 0 Å². The second kappa shape index (κ2) is 5.59. The first kappa shape index (κ1) is 12.5. The number of aromatic nitrogens is 2. The first-order valence-corrected chi connectivity index (χ1v) is 8.06. The van der Waals surface area contributed by atoms with Crippen molar-refractivity contribution in [2.45, 2.75) is 50.9 Å². The number of aromatic amines is 1. The normalized spacial score (nSPS) is 18.7. The maximum Gasteiger partial charge on any atom is 0.104 e. The van der Waals surface area contributed by atoms with Crippen LogP contribution in [0.3, 0.4) is 0 Å². The van der Waals surface area contributed by atoms with E-state index in [9.17, 15) is 0 Å². The Balaban J connectivity index is 1.89. The molecule has 2 nitrogen and oxygen atoms in total. The number of benzene rings is 1. The van der Waals surface area contributed by atoms with Crippen molar-refractivity contribution in [3.63, 3.8) is 0 Å². The quantitative estimate of drug-likeness (QED) is 0.718. The topological polar surface area (TPSA) is 28.7 Å². The molecule has 1 aliphatic carbocycles. The molecule has 96 valence electrons. The van der Waals surface area contributed by atoms with Gasteiger partial charge in [-0.1, -0.05) is 38.2 Å². The largest absolute Gasteiger partial charge is 0.271 e. The molecular weight excluding hydrogens is 335 g/mol. The Morgan fingerprint density at radius 1 is 1.06 bits per heavy atom. The lowest BCUT2D eigenvalue weighted by atomic mass is 9.86. The summed E-state index contributed by atoms with van der Waals surface area (Å²) in [4.78, 5) is 0. The number of rotatable bonds is 1. The maximum absolute atomic E-state index is 4.31. The summed E-state index contributed by atoms with van der Waals surface area (Å²) >= 11 is 2.34. The number of halogens is 1. The predicted molar refractivity (Wildman–Crippen MR) is 83.9 cm³/mol. The van der Waals surface area contributed by atoms with Crippen LogP contribution in [0, 0.1) is 3.70 Å². The van der Waals surface area contributed by atoms with Gasteiger partial charge in [-0.05, 0) is 59.0 Å². The summed E-state index contributed by atoms with van der Waals surface area (Å²) < 4.78 is 1.16. The number of hydrogen-bond donors (Lipinski definition) is 1. The molecule has 0 unspecified atom stereocenters. The van der Waals surface area contributed by atoms with Gasteiger partial charge in [0.05, 0.1) is 5.52 Å². The molecule has 1 aromatic heterocycles. The molecule has 1 heterocycles. The molecule has 1 aromatic carbocycles. The Labute approximate surface area is 122 Å². The van der Waals surface area contributed by atoms with E-state index in [0.717, 1.165) is 15.1 Å². The molecule has 0 amide bonds. The van der Waals surface area contributed by atoms with Gasteiger partial charge in [0.25, 0.3) is 0 Å². The average Bonchev–Trinajstić information content (AvgIpc) is 2.70. The van der Waals surface area contributed by atoms with E-state index in [2.05, 4.69) is 51.0 Å². The van der Waals surface area contributed by atoms with Gasteiger partial charge < -0.3 is 0 Å². The Hall–Kier alpha value is -0.580. The standard InChI is InChI=1S/C15H19IN2/c16-15-13-10-12(8-9-14(13)17-18-15)11-6-4-2-1-3-5-7-11/h8-11H,1-7H2,(H,17,18). The monoisotopic (exact) mass is 354 g/mol. The molecule has 2 aromatic rings. The van der Waals surface area contributed by atoms with Crippen molar-refractivity contribution in [3.05, 3.63) is 27.5 Å². The van der Waals surface area contributed by atoms with Gasteiger partial charge in [0, 0.05) is 5.39 Å². The highest BCUT2D eigenvalue weighted by molar-refractivity contribution is 14.1. The number of H-pyrrole nitrogens is 1. The molecule has 1 N–H and O–H groups in total. The van der Waals surface area contributed by atoms with E-state index in [4.69, 9.17) is 0 Å². The summed E-state index contributed by atoms with van der Waals surface area (Å²) in [6.07, 6.45) is 9.78. The summed E-state index contributed by atoms with van der Waals surface area (Å²) in [6, 6.07) is 6.81. The fourth-order valence-electron chi connectivity index (χ4n) is 3.04.